The first-order valence-electron chi connectivity index (χ1n) is 7.54. The minimum atomic E-state index is 0.109. The second-order valence-electron chi connectivity index (χ2n) is 6.25. The molecule has 1 amide bonds. The highest BCUT2D eigenvalue weighted by Crippen LogP contribution is 2.17. The van der Waals surface area contributed by atoms with Crippen molar-refractivity contribution in [2.45, 2.75) is 40.2 Å². The largest absolute Gasteiger partial charge is 0.353 e. The fourth-order valence-electron chi connectivity index (χ4n) is 2.71. The maximum absolute atomic E-state index is 12.2. The molecule has 0 aromatic heterocycles. The van der Waals surface area contributed by atoms with E-state index in [1.165, 1.54) is 16.7 Å². The molecule has 1 aliphatic heterocycles. The van der Waals surface area contributed by atoms with Crippen molar-refractivity contribution in [3.05, 3.63) is 34.9 Å². The van der Waals surface area contributed by atoms with Crippen LogP contribution < -0.4 is 10.6 Å². The number of hydrogen-bond donors (Lipinski definition) is 2. The van der Waals surface area contributed by atoms with Crippen LogP contribution >= 0.6 is 0 Å². The van der Waals surface area contributed by atoms with E-state index in [1.54, 1.807) is 0 Å². The summed E-state index contributed by atoms with van der Waals surface area (Å²) in [7, 11) is 0. The summed E-state index contributed by atoms with van der Waals surface area (Å²) in [5, 5.41) is 6.38. The third-order valence-corrected chi connectivity index (χ3v) is 4.35. The minimum absolute atomic E-state index is 0.109. The highest BCUT2D eigenvalue weighted by Gasteiger charge is 2.29. The van der Waals surface area contributed by atoms with Crippen LogP contribution in [-0.4, -0.2) is 25.0 Å². The SMILES string of the molecule is Cc1ccc(CC(C)NC(=O)C(C)C2CNC2)c(C)c1. The highest BCUT2D eigenvalue weighted by atomic mass is 16.1. The predicted molar refractivity (Wildman–Crippen MR) is 82.7 cm³/mol. The van der Waals surface area contributed by atoms with E-state index in [4.69, 9.17) is 0 Å². The van der Waals surface area contributed by atoms with Gasteiger partial charge in [0.2, 0.25) is 5.91 Å². The summed E-state index contributed by atoms with van der Waals surface area (Å²) in [6.07, 6.45) is 0.896. The quantitative estimate of drug-likeness (QED) is 0.864. The van der Waals surface area contributed by atoms with Gasteiger partial charge >= 0.3 is 0 Å². The molecule has 3 heteroatoms. The molecular weight excluding hydrogens is 248 g/mol. The Morgan fingerprint density at radius 2 is 2.05 bits per heavy atom. The van der Waals surface area contributed by atoms with Crippen molar-refractivity contribution in [3.63, 3.8) is 0 Å². The van der Waals surface area contributed by atoms with Crippen LogP contribution in [0.25, 0.3) is 0 Å². The lowest BCUT2D eigenvalue weighted by atomic mass is 9.88. The van der Waals surface area contributed by atoms with Crippen LogP contribution in [0.1, 0.15) is 30.5 Å². The van der Waals surface area contributed by atoms with Crippen LogP contribution in [0.5, 0.6) is 0 Å². The molecule has 1 aliphatic rings. The van der Waals surface area contributed by atoms with Crippen molar-refractivity contribution < 1.29 is 4.79 Å². The number of rotatable bonds is 5. The number of hydrogen-bond acceptors (Lipinski definition) is 2. The molecule has 1 fully saturated rings. The number of benzene rings is 1. The fourth-order valence-corrected chi connectivity index (χ4v) is 2.71. The molecule has 0 saturated carbocycles. The molecule has 0 spiro atoms. The molecule has 0 aliphatic carbocycles. The van der Waals surface area contributed by atoms with Crippen LogP contribution in [0.4, 0.5) is 0 Å². The van der Waals surface area contributed by atoms with E-state index in [1.807, 2.05) is 6.92 Å². The highest BCUT2D eigenvalue weighted by molar-refractivity contribution is 5.79. The molecule has 2 atom stereocenters. The summed E-state index contributed by atoms with van der Waals surface area (Å²) in [5.74, 6) is 0.801. The summed E-state index contributed by atoms with van der Waals surface area (Å²) in [5.41, 5.74) is 3.91. The monoisotopic (exact) mass is 274 g/mol. The zero-order chi connectivity index (χ0) is 14.7. The average molecular weight is 274 g/mol. The molecule has 2 unspecified atom stereocenters. The van der Waals surface area contributed by atoms with Gasteiger partial charge in [-0.15, -0.1) is 0 Å². The zero-order valence-corrected chi connectivity index (χ0v) is 13.0. The maximum atomic E-state index is 12.2. The van der Waals surface area contributed by atoms with Crippen LogP contribution in [-0.2, 0) is 11.2 Å². The number of carbonyl (C=O) groups excluding carboxylic acids is 1. The van der Waals surface area contributed by atoms with Gasteiger partial charge in [0.05, 0.1) is 0 Å². The maximum Gasteiger partial charge on any atom is 0.223 e. The summed E-state index contributed by atoms with van der Waals surface area (Å²) >= 11 is 0. The standard InChI is InChI=1S/C17H26N2O/c1-11-5-6-15(12(2)7-11)8-13(3)19-17(20)14(4)16-9-18-10-16/h5-7,13-14,16,18H,8-10H2,1-4H3,(H,19,20). The van der Waals surface area contributed by atoms with Gasteiger partial charge in [-0.3, -0.25) is 4.79 Å². The van der Waals surface area contributed by atoms with Gasteiger partial charge in [-0.1, -0.05) is 30.7 Å². The summed E-state index contributed by atoms with van der Waals surface area (Å²) in [6.45, 7) is 10.3. The second kappa shape index (κ2) is 6.40. The van der Waals surface area contributed by atoms with E-state index >= 15 is 0 Å². The van der Waals surface area contributed by atoms with Crippen LogP contribution in [0.2, 0.25) is 0 Å². The first-order valence-corrected chi connectivity index (χ1v) is 7.54. The second-order valence-corrected chi connectivity index (χ2v) is 6.25. The van der Waals surface area contributed by atoms with Gasteiger partial charge < -0.3 is 10.6 Å². The van der Waals surface area contributed by atoms with Gasteiger partial charge in [-0.25, -0.2) is 0 Å². The molecular formula is C17H26N2O. The lowest BCUT2D eigenvalue weighted by Gasteiger charge is -2.32. The van der Waals surface area contributed by atoms with E-state index in [2.05, 4.69) is 49.6 Å². The molecule has 1 aromatic carbocycles. The molecule has 0 bridgehead atoms. The fraction of sp³-hybridized carbons (Fsp3) is 0.588. The lowest BCUT2D eigenvalue weighted by molar-refractivity contribution is -0.127. The first-order chi connectivity index (χ1) is 9.47. The van der Waals surface area contributed by atoms with Gasteiger partial charge in [0.15, 0.2) is 0 Å². The Labute approximate surface area is 122 Å². The number of nitrogens with one attached hydrogen (secondary N) is 2. The summed E-state index contributed by atoms with van der Waals surface area (Å²) < 4.78 is 0. The van der Waals surface area contributed by atoms with Gasteiger partial charge in [0.25, 0.3) is 0 Å². The Morgan fingerprint density at radius 3 is 2.60 bits per heavy atom. The van der Waals surface area contributed by atoms with Crippen molar-refractivity contribution in [2.75, 3.05) is 13.1 Å². The normalized spacial score (nSPS) is 18.2. The minimum Gasteiger partial charge on any atom is -0.353 e. The van der Waals surface area contributed by atoms with Crippen molar-refractivity contribution in [1.82, 2.24) is 10.6 Å². The van der Waals surface area contributed by atoms with Gasteiger partial charge in [0, 0.05) is 12.0 Å². The Balaban J connectivity index is 1.88. The van der Waals surface area contributed by atoms with Crippen molar-refractivity contribution in [1.29, 1.82) is 0 Å². The molecule has 3 nitrogen and oxygen atoms in total. The van der Waals surface area contributed by atoms with Crippen molar-refractivity contribution in [3.8, 4) is 0 Å². The van der Waals surface area contributed by atoms with E-state index < -0.39 is 0 Å². The van der Waals surface area contributed by atoms with Gasteiger partial charge in [-0.05, 0) is 57.3 Å². The summed E-state index contributed by atoms with van der Waals surface area (Å²) in [6, 6.07) is 6.69. The van der Waals surface area contributed by atoms with Crippen LogP contribution in [0.15, 0.2) is 18.2 Å². The molecule has 2 N–H and O–H groups in total. The van der Waals surface area contributed by atoms with E-state index in [-0.39, 0.29) is 17.9 Å². The lowest BCUT2D eigenvalue weighted by Crippen LogP contribution is -2.50. The van der Waals surface area contributed by atoms with E-state index in [0.29, 0.717) is 5.92 Å². The van der Waals surface area contributed by atoms with Crippen LogP contribution in [0.3, 0.4) is 0 Å². The molecule has 1 aromatic rings. The van der Waals surface area contributed by atoms with Gasteiger partial charge in [-0.2, -0.15) is 0 Å². The van der Waals surface area contributed by atoms with Crippen molar-refractivity contribution in [2.24, 2.45) is 11.8 Å². The number of aryl methyl sites for hydroxylation is 2. The van der Waals surface area contributed by atoms with Crippen LogP contribution in [0, 0.1) is 25.7 Å². The summed E-state index contributed by atoms with van der Waals surface area (Å²) in [4.78, 5) is 12.2. The Hall–Kier alpha value is -1.35. The van der Waals surface area contributed by atoms with Gasteiger partial charge in [0.1, 0.15) is 0 Å². The molecule has 20 heavy (non-hydrogen) atoms. The third kappa shape index (κ3) is 3.60. The number of carbonyl (C=O) groups is 1. The smallest absolute Gasteiger partial charge is 0.223 e. The third-order valence-electron chi connectivity index (χ3n) is 4.35. The topological polar surface area (TPSA) is 41.1 Å². The van der Waals surface area contributed by atoms with E-state index in [9.17, 15) is 4.79 Å². The zero-order valence-electron chi connectivity index (χ0n) is 13.0. The predicted octanol–water partition coefficient (Wildman–Crippen LogP) is 2.21. The average Bonchev–Trinajstić information content (AvgIpc) is 2.30. The molecule has 110 valence electrons. The Morgan fingerprint density at radius 1 is 1.35 bits per heavy atom. The number of amides is 1. The Bertz CT molecular complexity index is 480. The Kier molecular flexibility index (Phi) is 4.81. The van der Waals surface area contributed by atoms with Crippen molar-refractivity contribution >= 4 is 5.91 Å². The molecule has 2 rings (SSSR count). The first kappa shape index (κ1) is 15.0. The molecule has 1 heterocycles. The molecule has 0 radical (unpaired) electrons. The molecule has 1 saturated heterocycles. The van der Waals surface area contributed by atoms with E-state index in [0.717, 1.165) is 19.5 Å².